The first kappa shape index (κ1) is 11.3. The highest BCUT2D eigenvalue weighted by Crippen LogP contribution is 2.33. The lowest BCUT2D eigenvalue weighted by molar-refractivity contribution is 1.14. The minimum Gasteiger partial charge on any atom is -0.396 e. The van der Waals surface area contributed by atoms with Gasteiger partial charge in [-0.1, -0.05) is 23.9 Å². The van der Waals surface area contributed by atoms with E-state index in [4.69, 9.17) is 11.5 Å². The van der Waals surface area contributed by atoms with Crippen molar-refractivity contribution < 1.29 is 0 Å². The first-order valence-electron chi connectivity index (χ1n) is 4.61. The molecule has 4 N–H and O–H groups in total. The Hall–Kier alpha value is -1.20. The molecule has 3 nitrogen and oxygen atoms in total. The lowest BCUT2D eigenvalue weighted by Gasteiger charge is -2.05. The van der Waals surface area contributed by atoms with Crippen molar-refractivity contribution in [2.75, 3.05) is 11.5 Å². The van der Waals surface area contributed by atoms with Gasteiger partial charge >= 0.3 is 0 Å². The summed E-state index contributed by atoms with van der Waals surface area (Å²) < 4.78 is 1.04. The largest absolute Gasteiger partial charge is 0.396 e. The number of nitrogens with two attached hydrogens (primary N) is 2. The van der Waals surface area contributed by atoms with E-state index < -0.39 is 0 Å². The topological polar surface area (TPSA) is 64.9 Å². The van der Waals surface area contributed by atoms with Crippen LogP contribution in [0.3, 0.4) is 0 Å². The van der Waals surface area contributed by atoms with Crippen molar-refractivity contribution in [3.8, 4) is 0 Å². The first-order valence-corrected chi connectivity index (χ1v) is 6.22. The van der Waals surface area contributed by atoms with E-state index in [9.17, 15) is 0 Å². The molecule has 0 unspecified atom stereocenters. The Bertz CT molecular complexity index is 516. The Morgan fingerprint density at radius 1 is 1.06 bits per heavy atom. The minimum atomic E-state index is 0.372. The van der Waals surface area contributed by atoms with Crippen LogP contribution in [0.5, 0.6) is 0 Å². The summed E-state index contributed by atoms with van der Waals surface area (Å²) >= 11 is 5.03. The predicted octanol–water partition coefficient (Wildman–Crippen LogP) is 3.16. The number of hydrogen-bond donors (Lipinski definition) is 2. The molecule has 82 valence electrons. The molecule has 0 saturated heterocycles. The number of rotatable bonds is 2. The number of anilines is 2. The average molecular weight is 296 g/mol. The number of benzene rings is 1. The first-order chi connectivity index (χ1) is 7.66. The monoisotopic (exact) mass is 295 g/mol. The maximum Gasteiger partial charge on any atom is 0.147 e. The van der Waals surface area contributed by atoms with Gasteiger partial charge in [-0.3, -0.25) is 0 Å². The summed E-state index contributed by atoms with van der Waals surface area (Å²) in [5.41, 5.74) is 11.8. The van der Waals surface area contributed by atoms with Gasteiger partial charge in [0, 0.05) is 9.37 Å². The molecule has 16 heavy (non-hydrogen) atoms. The number of nitrogen functional groups attached to an aromatic ring is 2. The molecule has 1 aromatic carbocycles. The van der Waals surface area contributed by atoms with Crippen molar-refractivity contribution in [3.05, 3.63) is 40.9 Å². The van der Waals surface area contributed by atoms with Crippen LogP contribution in [0.1, 0.15) is 0 Å². The molecule has 0 atom stereocenters. The molecule has 1 aromatic heterocycles. The normalized spacial score (nSPS) is 10.3. The highest BCUT2D eigenvalue weighted by atomic mass is 79.9. The maximum atomic E-state index is 5.65. The highest BCUT2D eigenvalue weighted by molar-refractivity contribution is 9.10. The molecule has 0 saturated carbocycles. The number of pyridine rings is 1. The fourth-order valence-electron chi connectivity index (χ4n) is 1.16. The molecule has 0 aliphatic carbocycles. The Kier molecular flexibility index (Phi) is 3.36. The molecular formula is C11H10BrN3S. The van der Waals surface area contributed by atoms with Crippen molar-refractivity contribution >= 4 is 39.2 Å². The van der Waals surface area contributed by atoms with E-state index in [2.05, 4.69) is 20.9 Å². The van der Waals surface area contributed by atoms with Crippen molar-refractivity contribution in [1.29, 1.82) is 0 Å². The van der Waals surface area contributed by atoms with Crippen molar-refractivity contribution in [2.45, 2.75) is 9.92 Å². The molecule has 0 spiro atoms. The standard InChI is InChI=1S/C11H10BrN3S/c12-7-3-1-2-4-9(7)16-10-6-5-8(13)11(14)15-10/h1-6H,13H2,(H2,14,15). The van der Waals surface area contributed by atoms with Gasteiger partial charge in [-0.05, 0) is 40.2 Å². The second-order valence-electron chi connectivity index (χ2n) is 3.16. The zero-order valence-electron chi connectivity index (χ0n) is 8.35. The van der Waals surface area contributed by atoms with Crippen LogP contribution >= 0.6 is 27.7 Å². The summed E-state index contributed by atoms with van der Waals surface area (Å²) in [6.07, 6.45) is 0. The van der Waals surface area contributed by atoms with E-state index in [-0.39, 0.29) is 0 Å². The van der Waals surface area contributed by atoms with Gasteiger partial charge in [-0.25, -0.2) is 4.98 Å². The van der Waals surface area contributed by atoms with Gasteiger partial charge < -0.3 is 11.5 Å². The second-order valence-corrected chi connectivity index (χ2v) is 5.07. The summed E-state index contributed by atoms with van der Waals surface area (Å²) in [6.45, 7) is 0. The van der Waals surface area contributed by atoms with Crippen LogP contribution in [0.4, 0.5) is 11.5 Å². The van der Waals surface area contributed by atoms with Crippen LogP contribution in [-0.4, -0.2) is 4.98 Å². The quantitative estimate of drug-likeness (QED) is 0.893. The van der Waals surface area contributed by atoms with E-state index in [1.54, 1.807) is 17.8 Å². The van der Waals surface area contributed by atoms with Gasteiger partial charge in [0.2, 0.25) is 0 Å². The van der Waals surface area contributed by atoms with Crippen molar-refractivity contribution in [2.24, 2.45) is 0 Å². The molecule has 1 heterocycles. The summed E-state index contributed by atoms with van der Waals surface area (Å²) in [5, 5.41) is 0.832. The predicted molar refractivity (Wildman–Crippen MR) is 71.3 cm³/mol. The van der Waals surface area contributed by atoms with Crippen LogP contribution in [0.25, 0.3) is 0 Å². The van der Waals surface area contributed by atoms with Gasteiger partial charge in [-0.2, -0.15) is 0 Å². The van der Waals surface area contributed by atoms with Crippen LogP contribution in [0, 0.1) is 0 Å². The Morgan fingerprint density at radius 2 is 1.81 bits per heavy atom. The third-order valence-corrected chi connectivity index (χ3v) is 3.95. The molecule has 0 radical (unpaired) electrons. The molecule has 0 amide bonds. The summed E-state index contributed by atoms with van der Waals surface area (Å²) in [7, 11) is 0. The van der Waals surface area contributed by atoms with Crippen LogP contribution in [0.2, 0.25) is 0 Å². The fraction of sp³-hybridized carbons (Fsp3) is 0. The second kappa shape index (κ2) is 4.76. The highest BCUT2D eigenvalue weighted by Gasteiger charge is 2.04. The van der Waals surface area contributed by atoms with Gasteiger partial charge in [-0.15, -0.1) is 0 Å². The lowest BCUT2D eigenvalue weighted by atomic mass is 10.4. The van der Waals surface area contributed by atoms with Gasteiger partial charge in [0.25, 0.3) is 0 Å². The summed E-state index contributed by atoms with van der Waals surface area (Å²) in [6, 6.07) is 11.6. The molecule has 5 heteroatoms. The molecular weight excluding hydrogens is 286 g/mol. The van der Waals surface area contributed by atoms with Crippen molar-refractivity contribution in [1.82, 2.24) is 4.98 Å². The SMILES string of the molecule is Nc1ccc(Sc2ccccc2Br)nc1N. The van der Waals surface area contributed by atoms with Crippen LogP contribution in [-0.2, 0) is 0 Å². The Labute approximate surface area is 106 Å². The zero-order valence-corrected chi connectivity index (χ0v) is 10.8. The van der Waals surface area contributed by atoms with E-state index in [1.165, 1.54) is 0 Å². The van der Waals surface area contributed by atoms with Crippen molar-refractivity contribution in [3.63, 3.8) is 0 Å². The molecule has 2 aromatic rings. The Morgan fingerprint density at radius 3 is 2.50 bits per heavy atom. The number of nitrogens with zero attached hydrogens (tertiary/aromatic N) is 1. The van der Waals surface area contributed by atoms with Crippen LogP contribution in [0.15, 0.2) is 50.8 Å². The van der Waals surface area contributed by atoms with E-state index in [1.807, 2.05) is 30.3 Å². The Balaban J connectivity index is 2.28. The van der Waals surface area contributed by atoms with E-state index >= 15 is 0 Å². The molecule has 0 bridgehead atoms. The van der Waals surface area contributed by atoms with E-state index in [0.29, 0.717) is 11.5 Å². The minimum absolute atomic E-state index is 0.372. The smallest absolute Gasteiger partial charge is 0.147 e. The lowest BCUT2D eigenvalue weighted by Crippen LogP contribution is -1.97. The molecule has 0 fully saturated rings. The van der Waals surface area contributed by atoms with Gasteiger partial charge in [0.15, 0.2) is 0 Å². The van der Waals surface area contributed by atoms with Crippen LogP contribution < -0.4 is 11.5 Å². The third kappa shape index (κ3) is 2.48. The number of aromatic nitrogens is 1. The number of hydrogen-bond acceptors (Lipinski definition) is 4. The molecule has 0 aliphatic heterocycles. The number of halogens is 1. The fourth-order valence-corrected chi connectivity index (χ4v) is 2.51. The summed E-state index contributed by atoms with van der Waals surface area (Å²) in [4.78, 5) is 5.30. The maximum absolute atomic E-state index is 5.65. The van der Waals surface area contributed by atoms with Gasteiger partial charge in [0.05, 0.1) is 5.69 Å². The van der Waals surface area contributed by atoms with Gasteiger partial charge in [0.1, 0.15) is 10.8 Å². The summed E-state index contributed by atoms with van der Waals surface area (Å²) in [5.74, 6) is 0.372. The third-order valence-electron chi connectivity index (χ3n) is 1.98. The average Bonchev–Trinajstić information content (AvgIpc) is 2.27. The zero-order chi connectivity index (χ0) is 11.5. The molecule has 2 rings (SSSR count). The molecule has 0 aliphatic rings. The van der Waals surface area contributed by atoms with E-state index in [0.717, 1.165) is 14.4 Å².